The van der Waals surface area contributed by atoms with Crippen LogP contribution in [-0.4, -0.2) is 53.2 Å². The van der Waals surface area contributed by atoms with Crippen molar-refractivity contribution in [3.8, 4) is 0 Å². The lowest BCUT2D eigenvalue weighted by Crippen LogP contribution is -2.30. The van der Waals surface area contributed by atoms with Gasteiger partial charge in [0, 0.05) is 57.2 Å². The number of rotatable bonds is 9. The molecule has 0 atom stereocenters. The van der Waals surface area contributed by atoms with Crippen LogP contribution in [0.5, 0.6) is 0 Å². The second-order valence-electron chi connectivity index (χ2n) is 7.78. The number of carbonyl (C=O) groups excluding carboxylic acids is 1. The van der Waals surface area contributed by atoms with Gasteiger partial charge in [0.2, 0.25) is 15.9 Å². The Labute approximate surface area is 198 Å². The van der Waals surface area contributed by atoms with Crippen molar-refractivity contribution in [2.24, 2.45) is 7.05 Å². The third-order valence-electron chi connectivity index (χ3n) is 5.73. The molecule has 1 heterocycles. The minimum atomic E-state index is -3.59. The Balaban J connectivity index is 1.75. The normalized spacial score (nSPS) is 12.0. The first-order valence-electron chi connectivity index (χ1n) is 10.7. The molecule has 0 aliphatic carbocycles. The first kappa shape index (κ1) is 25.1. The molecule has 0 aliphatic heterocycles. The fourth-order valence-electron chi connectivity index (χ4n) is 3.74. The van der Waals surface area contributed by atoms with Gasteiger partial charge in [0.05, 0.1) is 15.9 Å². The van der Waals surface area contributed by atoms with Crippen molar-refractivity contribution in [1.82, 2.24) is 18.8 Å². The third kappa shape index (κ3) is 5.20. The van der Waals surface area contributed by atoms with Gasteiger partial charge in [-0.25, -0.2) is 17.8 Å². The van der Waals surface area contributed by atoms with Gasteiger partial charge in [-0.3, -0.25) is 4.79 Å². The van der Waals surface area contributed by atoms with Crippen molar-refractivity contribution in [2.45, 2.75) is 38.1 Å². The van der Waals surface area contributed by atoms with Crippen molar-refractivity contribution in [1.29, 1.82) is 0 Å². The summed E-state index contributed by atoms with van der Waals surface area (Å²) in [5.41, 5.74) is 1.61. The minimum absolute atomic E-state index is 0.0689. The van der Waals surface area contributed by atoms with Crippen LogP contribution in [0.4, 0.5) is 4.39 Å². The molecule has 7 nitrogen and oxygen atoms in total. The SMILES string of the molecule is CCN(CC)S(=O)(=O)c1ccc2c(c1)nc(CCC(=O)N(C)Cc1c(F)cccc1Cl)n2C. The van der Waals surface area contributed by atoms with Gasteiger partial charge in [-0.2, -0.15) is 4.31 Å². The van der Waals surface area contributed by atoms with E-state index in [0.29, 0.717) is 30.9 Å². The quantitative estimate of drug-likeness (QED) is 0.451. The van der Waals surface area contributed by atoms with E-state index in [1.165, 1.54) is 21.3 Å². The number of imidazole rings is 1. The number of sulfonamides is 1. The Bertz CT molecular complexity index is 1250. The van der Waals surface area contributed by atoms with E-state index in [9.17, 15) is 17.6 Å². The summed E-state index contributed by atoms with van der Waals surface area (Å²) in [5, 5.41) is 0.278. The fraction of sp³-hybridized carbons (Fsp3) is 0.391. The van der Waals surface area contributed by atoms with E-state index in [2.05, 4.69) is 4.98 Å². The molecular formula is C23H28ClFN4O3S. The molecule has 178 valence electrons. The lowest BCUT2D eigenvalue weighted by atomic mass is 10.2. The Morgan fingerprint density at radius 3 is 2.52 bits per heavy atom. The smallest absolute Gasteiger partial charge is 0.243 e. The molecule has 0 saturated carbocycles. The number of fused-ring (bicyclic) bond motifs is 1. The molecule has 3 rings (SSSR count). The first-order valence-corrected chi connectivity index (χ1v) is 12.5. The number of hydrogen-bond acceptors (Lipinski definition) is 4. The van der Waals surface area contributed by atoms with Crippen LogP contribution < -0.4 is 0 Å². The lowest BCUT2D eigenvalue weighted by molar-refractivity contribution is -0.130. The highest BCUT2D eigenvalue weighted by molar-refractivity contribution is 7.89. The summed E-state index contributed by atoms with van der Waals surface area (Å²) < 4.78 is 42.9. The highest BCUT2D eigenvalue weighted by Gasteiger charge is 2.23. The van der Waals surface area contributed by atoms with Gasteiger partial charge in [0.15, 0.2) is 0 Å². The number of aromatic nitrogens is 2. The molecule has 0 N–H and O–H groups in total. The third-order valence-corrected chi connectivity index (χ3v) is 8.13. The molecule has 0 radical (unpaired) electrons. The van der Waals surface area contributed by atoms with Gasteiger partial charge in [0.1, 0.15) is 11.6 Å². The number of carbonyl (C=O) groups is 1. The Morgan fingerprint density at radius 1 is 1.18 bits per heavy atom. The minimum Gasteiger partial charge on any atom is -0.341 e. The van der Waals surface area contributed by atoms with Crippen molar-refractivity contribution < 1.29 is 17.6 Å². The van der Waals surface area contributed by atoms with Crippen molar-refractivity contribution in [3.63, 3.8) is 0 Å². The summed E-state index contributed by atoms with van der Waals surface area (Å²) in [7, 11) is -0.157. The predicted octanol–water partition coefficient (Wildman–Crippen LogP) is 3.99. The summed E-state index contributed by atoms with van der Waals surface area (Å²) in [6, 6.07) is 9.31. The predicted molar refractivity (Wildman–Crippen MR) is 127 cm³/mol. The van der Waals surface area contributed by atoms with Crippen LogP contribution in [0.1, 0.15) is 31.7 Å². The number of nitrogens with zero attached hydrogens (tertiary/aromatic N) is 4. The number of aryl methyl sites for hydroxylation is 2. The van der Waals surface area contributed by atoms with Crippen molar-refractivity contribution >= 4 is 38.6 Å². The van der Waals surface area contributed by atoms with Gasteiger partial charge < -0.3 is 9.47 Å². The molecule has 0 spiro atoms. The summed E-state index contributed by atoms with van der Waals surface area (Å²) >= 11 is 6.06. The molecule has 1 aromatic heterocycles. The molecular weight excluding hydrogens is 467 g/mol. The van der Waals surface area contributed by atoms with Gasteiger partial charge in [-0.05, 0) is 30.3 Å². The van der Waals surface area contributed by atoms with E-state index in [-0.39, 0.29) is 34.4 Å². The van der Waals surface area contributed by atoms with Gasteiger partial charge in [-0.15, -0.1) is 0 Å². The van der Waals surface area contributed by atoms with Gasteiger partial charge in [0.25, 0.3) is 0 Å². The van der Waals surface area contributed by atoms with E-state index in [0.717, 1.165) is 5.52 Å². The standard InChI is InChI=1S/C23H28ClFN4O3S/c1-5-29(6-2)33(31,32)16-10-11-21-20(14-16)26-22(28(21)4)12-13-23(30)27(3)15-17-18(24)8-7-9-19(17)25/h7-11,14H,5-6,12-13,15H2,1-4H3. The summed E-state index contributed by atoms with van der Waals surface area (Å²) in [5.74, 6) is 0.0345. The number of halogens is 2. The molecule has 0 aliphatic rings. The average Bonchev–Trinajstić information content (AvgIpc) is 3.10. The number of benzene rings is 2. The molecule has 1 amide bonds. The van der Waals surface area contributed by atoms with E-state index < -0.39 is 15.8 Å². The van der Waals surface area contributed by atoms with Crippen molar-refractivity contribution in [2.75, 3.05) is 20.1 Å². The zero-order chi connectivity index (χ0) is 24.3. The van der Waals surface area contributed by atoms with Gasteiger partial charge in [-0.1, -0.05) is 31.5 Å². The van der Waals surface area contributed by atoms with E-state index in [4.69, 9.17) is 11.6 Å². The van der Waals surface area contributed by atoms with E-state index in [1.807, 2.05) is 11.6 Å². The second kappa shape index (κ2) is 10.2. The summed E-state index contributed by atoms with van der Waals surface area (Å²) in [4.78, 5) is 18.8. The maximum Gasteiger partial charge on any atom is 0.243 e. The topological polar surface area (TPSA) is 75.5 Å². The van der Waals surface area contributed by atoms with Crippen LogP contribution in [-0.2, 0) is 34.8 Å². The summed E-state index contributed by atoms with van der Waals surface area (Å²) in [6.07, 6.45) is 0.530. The maximum atomic E-state index is 14.0. The maximum absolute atomic E-state index is 14.0. The van der Waals surface area contributed by atoms with Crippen LogP contribution in [0.3, 0.4) is 0 Å². The second-order valence-corrected chi connectivity index (χ2v) is 10.1. The number of hydrogen-bond donors (Lipinski definition) is 0. The van der Waals surface area contributed by atoms with Gasteiger partial charge >= 0.3 is 0 Å². The zero-order valence-corrected chi connectivity index (χ0v) is 20.7. The molecule has 10 heteroatoms. The highest BCUT2D eigenvalue weighted by Crippen LogP contribution is 2.24. The van der Waals surface area contributed by atoms with Crippen molar-refractivity contribution in [3.05, 3.63) is 58.6 Å². The zero-order valence-electron chi connectivity index (χ0n) is 19.2. The van der Waals surface area contributed by atoms with Crippen LogP contribution in [0.15, 0.2) is 41.3 Å². The Morgan fingerprint density at radius 2 is 1.88 bits per heavy atom. The lowest BCUT2D eigenvalue weighted by Gasteiger charge is -2.18. The van der Waals surface area contributed by atoms with E-state index >= 15 is 0 Å². The monoisotopic (exact) mass is 494 g/mol. The summed E-state index contributed by atoms with van der Waals surface area (Å²) in [6.45, 7) is 4.44. The largest absolute Gasteiger partial charge is 0.341 e. The molecule has 33 heavy (non-hydrogen) atoms. The van der Waals surface area contributed by atoms with Crippen LogP contribution in [0.25, 0.3) is 11.0 Å². The Hall–Kier alpha value is -2.49. The fourth-order valence-corrected chi connectivity index (χ4v) is 5.45. The first-order chi connectivity index (χ1) is 15.6. The average molecular weight is 495 g/mol. The molecule has 0 fully saturated rings. The molecule has 0 bridgehead atoms. The van der Waals surface area contributed by atoms with Crippen LogP contribution in [0, 0.1) is 5.82 Å². The molecule has 0 saturated heterocycles. The molecule has 3 aromatic rings. The van der Waals surface area contributed by atoms with Crippen LogP contribution >= 0.6 is 11.6 Å². The molecule has 2 aromatic carbocycles. The van der Waals surface area contributed by atoms with E-state index in [1.54, 1.807) is 45.2 Å². The number of amides is 1. The van der Waals surface area contributed by atoms with Crippen LogP contribution in [0.2, 0.25) is 5.02 Å². The highest BCUT2D eigenvalue weighted by atomic mass is 35.5. The molecule has 0 unspecified atom stereocenters. The Kier molecular flexibility index (Phi) is 7.76.